The molecular weight excluding hydrogens is 262 g/mol. The van der Waals surface area contributed by atoms with Crippen molar-refractivity contribution < 1.29 is 5.11 Å². The van der Waals surface area contributed by atoms with E-state index in [2.05, 4.69) is 29.0 Å². The first-order chi connectivity index (χ1) is 10.1. The van der Waals surface area contributed by atoms with E-state index in [9.17, 15) is 5.11 Å². The highest BCUT2D eigenvalue weighted by Gasteiger charge is 2.25. The number of nitrogens with zero attached hydrogens (tertiary/aromatic N) is 2. The number of β-amino-alcohol motifs (C(OH)–C–C–N with tert-alkyl or cyclic N) is 1. The summed E-state index contributed by atoms with van der Waals surface area (Å²) in [6, 6.07) is 0.724. The van der Waals surface area contributed by atoms with Crippen molar-refractivity contribution in [3.05, 3.63) is 0 Å². The third-order valence-electron chi connectivity index (χ3n) is 4.96. The Morgan fingerprint density at radius 1 is 1.19 bits per heavy atom. The van der Waals surface area contributed by atoms with Crippen LogP contribution in [-0.2, 0) is 0 Å². The van der Waals surface area contributed by atoms with Crippen molar-refractivity contribution in [2.75, 3.05) is 45.8 Å². The number of rotatable bonds is 8. The predicted molar refractivity (Wildman–Crippen MR) is 88.6 cm³/mol. The van der Waals surface area contributed by atoms with Crippen molar-refractivity contribution in [3.63, 3.8) is 0 Å². The molecule has 2 N–H and O–H groups in total. The maximum Gasteiger partial charge on any atom is 0.0793 e. The summed E-state index contributed by atoms with van der Waals surface area (Å²) in [5.74, 6) is 0.749. The zero-order valence-corrected chi connectivity index (χ0v) is 14.1. The lowest BCUT2D eigenvalue weighted by atomic mass is 10.1. The Bertz CT molecular complexity index is 273. The van der Waals surface area contributed by atoms with Crippen LogP contribution in [0.3, 0.4) is 0 Å². The van der Waals surface area contributed by atoms with Gasteiger partial charge in [-0.25, -0.2) is 0 Å². The van der Waals surface area contributed by atoms with E-state index >= 15 is 0 Å². The van der Waals surface area contributed by atoms with Crippen LogP contribution in [-0.4, -0.2) is 72.9 Å². The average Bonchev–Trinajstić information content (AvgIpc) is 2.98. The molecule has 1 aliphatic carbocycles. The molecule has 4 nitrogen and oxygen atoms in total. The molecule has 1 atom stereocenters. The molecule has 21 heavy (non-hydrogen) atoms. The van der Waals surface area contributed by atoms with Crippen LogP contribution in [0.5, 0.6) is 0 Å². The van der Waals surface area contributed by atoms with E-state index in [4.69, 9.17) is 0 Å². The van der Waals surface area contributed by atoms with Crippen LogP contribution in [0.2, 0.25) is 0 Å². The molecule has 2 rings (SSSR count). The number of aliphatic hydroxyl groups is 1. The van der Waals surface area contributed by atoms with Crippen LogP contribution in [0.1, 0.15) is 46.0 Å². The van der Waals surface area contributed by atoms with E-state index in [-0.39, 0.29) is 6.10 Å². The Kier molecular flexibility index (Phi) is 7.44. The third-order valence-corrected chi connectivity index (χ3v) is 4.96. The molecule has 0 amide bonds. The molecule has 0 aromatic rings. The zero-order chi connectivity index (χ0) is 15.1. The quantitative estimate of drug-likeness (QED) is 0.713. The SMILES string of the molecule is CC(C)CCN(CC(O)CN1CCNCC1)C1CCCC1. The van der Waals surface area contributed by atoms with Crippen molar-refractivity contribution in [2.45, 2.75) is 58.1 Å². The summed E-state index contributed by atoms with van der Waals surface area (Å²) in [5.41, 5.74) is 0. The fourth-order valence-electron chi connectivity index (χ4n) is 3.64. The number of aliphatic hydroxyl groups excluding tert-OH is 1. The highest BCUT2D eigenvalue weighted by molar-refractivity contribution is 4.81. The molecule has 1 saturated heterocycles. The van der Waals surface area contributed by atoms with Gasteiger partial charge in [-0.1, -0.05) is 26.7 Å². The highest BCUT2D eigenvalue weighted by atomic mass is 16.3. The summed E-state index contributed by atoms with van der Waals surface area (Å²) in [5, 5.41) is 13.9. The first kappa shape index (κ1) is 17.2. The van der Waals surface area contributed by atoms with Crippen molar-refractivity contribution in [2.24, 2.45) is 5.92 Å². The Morgan fingerprint density at radius 3 is 2.48 bits per heavy atom. The molecule has 1 aliphatic heterocycles. The molecule has 1 saturated carbocycles. The topological polar surface area (TPSA) is 38.7 Å². The molecule has 4 heteroatoms. The van der Waals surface area contributed by atoms with E-state index in [0.717, 1.165) is 57.8 Å². The summed E-state index contributed by atoms with van der Waals surface area (Å²) < 4.78 is 0. The molecular formula is C17H35N3O. The largest absolute Gasteiger partial charge is 0.390 e. The summed E-state index contributed by atoms with van der Waals surface area (Å²) in [6.07, 6.45) is 6.46. The first-order valence-electron chi connectivity index (χ1n) is 9.00. The Balaban J connectivity index is 1.78. The van der Waals surface area contributed by atoms with Gasteiger partial charge in [0.2, 0.25) is 0 Å². The van der Waals surface area contributed by atoms with Gasteiger partial charge in [-0.3, -0.25) is 9.80 Å². The van der Waals surface area contributed by atoms with Gasteiger partial charge in [0, 0.05) is 45.3 Å². The Morgan fingerprint density at radius 2 is 1.86 bits per heavy atom. The van der Waals surface area contributed by atoms with Crippen molar-refractivity contribution in [1.82, 2.24) is 15.1 Å². The molecule has 2 fully saturated rings. The lowest BCUT2D eigenvalue weighted by Gasteiger charge is -2.34. The second-order valence-electron chi connectivity index (χ2n) is 7.32. The van der Waals surface area contributed by atoms with Crippen LogP contribution in [0.25, 0.3) is 0 Å². The maximum atomic E-state index is 10.5. The molecule has 124 valence electrons. The molecule has 1 unspecified atom stereocenters. The van der Waals surface area contributed by atoms with Gasteiger partial charge in [0.05, 0.1) is 6.10 Å². The van der Waals surface area contributed by atoms with Crippen LogP contribution < -0.4 is 5.32 Å². The molecule has 2 aliphatic rings. The standard InChI is InChI=1S/C17H35N3O/c1-15(2)7-10-20(16-5-3-4-6-16)14-17(21)13-19-11-8-18-9-12-19/h15-18,21H,3-14H2,1-2H3. The first-order valence-corrected chi connectivity index (χ1v) is 9.00. The van der Waals surface area contributed by atoms with Crippen molar-refractivity contribution >= 4 is 0 Å². The molecule has 0 radical (unpaired) electrons. The van der Waals surface area contributed by atoms with Gasteiger partial charge >= 0.3 is 0 Å². The minimum atomic E-state index is -0.198. The summed E-state index contributed by atoms with van der Waals surface area (Å²) in [4.78, 5) is 4.98. The van der Waals surface area contributed by atoms with Gasteiger partial charge in [0.15, 0.2) is 0 Å². The minimum absolute atomic E-state index is 0.198. The van der Waals surface area contributed by atoms with Gasteiger partial charge in [0.25, 0.3) is 0 Å². The second-order valence-corrected chi connectivity index (χ2v) is 7.32. The summed E-state index contributed by atoms with van der Waals surface area (Å²) >= 11 is 0. The Hall–Kier alpha value is -0.160. The van der Waals surface area contributed by atoms with Crippen LogP contribution >= 0.6 is 0 Å². The lowest BCUT2D eigenvalue weighted by Crippen LogP contribution is -2.49. The number of hydrogen-bond donors (Lipinski definition) is 2. The van der Waals surface area contributed by atoms with E-state index in [0.29, 0.717) is 0 Å². The number of piperazine rings is 1. The van der Waals surface area contributed by atoms with Gasteiger partial charge in [-0.2, -0.15) is 0 Å². The van der Waals surface area contributed by atoms with Crippen LogP contribution in [0.15, 0.2) is 0 Å². The number of nitrogens with one attached hydrogen (secondary N) is 1. The van der Waals surface area contributed by atoms with E-state index < -0.39 is 0 Å². The van der Waals surface area contributed by atoms with Gasteiger partial charge in [-0.15, -0.1) is 0 Å². The molecule has 1 heterocycles. The summed E-state index contributed by atoms with van der Waals surface area (Å²) in [6.45, 7) is 11.7. The van der Waals surface area contributed by atoms with Gasteiger partial charge in [-0.05, 0) is 31.7 Å². The second kappa shape index (κ2) is 9.09. The molecule has 0 bridgehead atoms. The zero-order valence-electron chi connectivity index (χ0n) is 14.1. The smallest absolute Gasteiger partial charge is 0.0793 e. The monoisotopic (exact) mass is 297 g/mol. The van der Waals surface area contributed by atoms with E-state index in [1.54, 1.807) is 0 Å². The third kappa shape index (κ3) is 6.23. The van der Waals surface area contributed by atoms with Crippen molar-refractivity contribution in [1.29, 1.82) is 0 Å². The van der Waals surface area contributed by atoms with E-state index in [1.165, 1.54) is 32.1 Å². The average molecular weight is 297 g/mol. The highest BCUT2D eigenvalue weighted by Crippen LogP contribution is 2.24. The number of hydrogen-bond acceptors (Lipinski definition) is 4. The molecule has 0 aromatic heterocycles. The van der Waals surface area contributed by atoms with Crippen LogP contribution in [0, 0.1) is 5.92 Å². The van der Waals surface area contributed by atoms with E-state index in [1.807, 2.05) is 0 Å². The normalized spacial score (nSPS) is 23.3. The fourth-order valence-corrected chi connectivity index (χ4v) is 3.64. The van der Waals surface area contributed by atoms with Gasteiger partial charge < -0.3 is 10.4 Å². The minimum Gasteiger partial charge on any atom is -0.390 e. The predicted octanol–water partition coefficient (Wildman–Crippen LogP) is 1.54. The summed E-state index contributed by atoms with van der Waals surface area (Å²) in [7, 11) is 0. The Labute approximate surface area is 130 Å². The lowest BCUT2D eigenvalue weighted by molar-refractivity contribution is 0.0526. The molecule has 0 aromatic carbocycles. The van der Waals surface area contributed by atoms with Crippen molar-refractivity contribution in [3.8, 4) is 0 Å². The maximum absolute atomic E-state index is 10.5. The van der Waals surface area contributed by atoms with Crippen LogP contribution in [0.4, 0.5) is 0 Å². The van der Waals surface area contributed by atoms with Gasteiger partial charge in [0.1, 0.15) is 0 Å². The molecule has 0 spiro atoms. The fraction of sp³-hybridized carbons (Fsp3) is 1.00.